The maximum atomic E-state index is 13.4. The van der Waals surface area contributed by atoms with E-state index in [9.17, 15) is 19.2 Å². The van der Waals surface area contributed by atoms with E-state index < -0.39 is 11.9 Å². The molecule has 2 aromatic heterocycles. The molecule has 0 saturated heterocycles. The number of allylic oxidation sites excluding steroid dienone is 1. The monoisotopic (exact) mass is 484 g/mol. The summed E-state index contributed by atoms with van der Waals surface area (Å²) >= 11 is 0. The number of aromatic nitrogens is 2. The first-order valence-electron chi connectivity index (χ1n) is 11.6. The van der Waals surface area contributed by atoms with Gasteiger partial charge in [-0.15, -0.1) is 0 Å². The van der Waals surface area contributed by atoms with Crippen molar-refractivity contribution in [3.63, 3.8) is 0 Å². The zero-order valence-corrected chi connectivity index (χ0v) is 19.8. The van der Waals surface area contributed by atoms with Crippen molar-refractivity contribution in [3.05, 3.63) is 86.3 Å². The number of hydrogen-bond donors (Lipinski definition) is 1. The molecule has 0 unspecified atom stereocenters. The number of rotatable bonds is 6. The molecular weight excluding hydrogens is 460 g/mol. The summed E-state index contributed by atoms with van der Waals surface area (Å²) in [4.78, 5) is 54.2. The van der Waals surface area contributed by atoms with Crippen molar-refractivity contribution in [2.45, 2.75) is 26.3 Å². The second-order valence-electron chi connectivity index (χ2n) is 8.77. The lowest BCUT2D eigenvalue weighted by Gasteiger charge is -2.17. The standard InChI is InChI=1S/C28H24N2O6/c1-16(2)28(34)36-12-11-35-25(31)15-30-23-10-6-4-8-18(23)27(33)20-13-22-19(14-24(20)30)26(32)17-7-3-5-9-21(17)29-22/h4-6,8-10,13-14H,1,3,7,11-12,15H2,2H3,(H,29,32). The molecule has 1 aliphatic carbocycles. The normalized spacial score (nSPS) is 12.6. The van der Waals surface area contributed by atoms with Gasteiger partial charge in [-0.3, -0.25) is 14.4 Å². The molecule has 182 valence electrons. The van der Waals surface area contributed by atoms with Crippen LogP contribution in [0.1, 0.15) is 24.6 Å². The van der Waals surface area contributed by atoms with Crippen LogP contribution < -0.4 is 10.9 Å². The lowest BCUT2D eigenvalue weighted by Crippen LogP contribution is -2.21. The topological polar surface area (TPSA) is 107 Å². The largest absolute Gasteiger partial charge is 0.461 e. The van der Waals surface area contributed by atoms with E-state index in [1.807, 2.05) is 12.2 Å². The predicted octanol–water partition coefficient (Wildman–Crippen LogP) is 3.62. The van der Waals surface area contributed by atoms with Gasteiger partial charge in [-0.2, -0.15) is 0 Å². The Morgan fingerprint density at radius 3 is 2.58 bits per heavy atom. The van der Waals surface area contributed by atoms with Crippen LogP contribution in [0.4, 0.5) is 0 Å². The molecule has 1 N–H and O–H groups in total. The quantitative estimate of drug-likeness (QED) is 0.194. The van der Waals surface area contributed by atoms with E-state index in [1.165, 1.54) is 6.92 Å². The Hall–Kier alpha value is -4.46. The molecule has 36 heavy (non-hydrogen) atoms. The van der Waals surface area contributed by atoms with Crippen LogP contribution in [-0.2, 0) is 32.0 Å². The molecule has 0 fully saturated rings. The van der Waals surface area contributed by atoms with E-state index in [1.54, 1.807) is 41.0 Å². The van der Waals surface area contributed by atoms with Crippen molar-refractivity contribution in [2.24, 2.45) is 0 Å². The molecule has 0 bridgehead atoms. The number of fused-ring (bicyclic) bond motifs is 4. The second kappa shape index (κ2) is 9.30. The Bertz CT molecular complexity index is 1720. The van der Waals surface area contributed by atoms with Crippen LogP contribution in [0.25, 0.3) is 38.8 Å². The van der Waals surface area contributed by atoms with Crippen LogP contribution >= 0.6 is 0 Å². The third-order valence-electron chi connectivity index (χ3n) is 6.28. The predicted molar refractivity (Wildman–Crippen MR) is 138 cm³/mol. The fourth-order valence-corrected chi connectivity index (χ4v) is 4.54. The lowest BCUT2D eigenvalue weighted by atomic mass is 9.98. The van der Waals surface area contributed by atoms with Gasteiger partial charge in [-0.05, 0) is 50.1 Å². The summed E-state index contributed by atoms with van der Waals surface area (Å²) in [5, 5.41) is 1.30. The molecule has 0 saturated carbocycles. The van der Waals surface area contributed by atoms with Gasteiger partial charge in [-0.25, -0.2) is 4.79 Å². The number of nitrogens with one attached hydrogen (secondary N) is 1. The van der Waals surface area contributed by atoms with Crippen LogP contribution in [0.15, 0.2) is 64.2 Å². The second-order valence-corrected chi connectivity index (χ2v) is 8.77. The zero-order chi connectivity index (χ0) is 25.4. The molecule has 5 rings (SSSR count). The van der Waals surface area contributed by atoms with Crippen LogP contribution in [-0.4, -0.2) is 34.7 Å². The minimum absolute atomic E-state index is 0.0842. The van der Waals surface area contributed by atoms with E-state index in [4.69, 9.17) is 9.47 Å². The van der Waals surface area contributed by atoms with Gasteiger partial charge in [-0.1, -0.05) is 24.8 Å². The van der Waals surface area contributed by atoms with E-state index >= 15 is 0 Å². The number of aromatic amines is 1. The third-order valence-corrected chi connectivity index (χ3v) is 6.28. The number of hydrogen-bond acceptors (Lipinski definition) is 6. The summed E-state index contributed by atoms with van der Waals surface area (Å²) in [6, 6.07) is 10.4. The van der Waals surface area contributed by atoms with Crippen LogP contribution in [0.2, 0.25) is 0 Å². The molecule has 0 amide bonds. The number of carbonyl (C=O) groups is 2. The number of para-hydroxylation sites is 1. The minimum atomic E-state index is -0.568. The van der Waals surface area contributed by atoms with Gasteiger partial charge in [0.2, 0.25) is 0 Å². The molecule has 4 aromatic rings. The molecule has 2 aromatic carbocycles. The highest BCUT2D eigenvalue weighted by atomic mass is 16.6. The maximum absolute atomic E-state index is 13.4. The first-order chi connectivity index (χ1) is 17.3. The van der Waals surface area contributed by atoms with E-state index in [-0.39, 0.29) is 36.2 Å². The average molecular weight is 485 g/mol. The molecule has 0 spiro atoms. The van der Waals surface area contributed by atoms with Gasteiger partial charge in [0.05, 0.1) is 16.6 Å². The molecule has 1 aliphatic rings. The summed E-state index contributed by atoms with van der Waals surface area (Å²) in [6.07, 6.45) is 5.34. The summed E-state index contributed by atoms with van der Waals surface area (Å²) in [5.74, 6) is -1.13. The van der Waals surface area contributed by atoms with Gasteiger partial charge in [0.1, 0.15) is 19.8 Å². The molecule has 8 heteroatoms. The van der Waals surface area contributed by atoms with Crippen LogP contribution in [0, 0.1) is 0 Å². The average Bonchev–Trinajstić information content (AvgIpc) is 2.88. The lowest BCUT2D eigenvalue weighted by molar-refractivity contribution is -0.150. The number of esters is 2. The number of pyridine rings is 2. The van der Waals surface area contributed by atoms with E-state index in [0.29, 0.717) is 44.7 Å². The third kappa shape index (κ3) is 4.11. The summed E-state index contributed by atoms with van der Waals surface area (Å²) in [5.41, 5.74) is 3.04. The molecule has 0 aliphatic heterocycles. The van der Waals surface area contributed by atoms with Gasteiger partial charge in [0.15, 0.2) is 10.9 Å². The molecule has 2 heterocycles. The van der Waals surface area contributed by atoms with Crippen molar-refractivity contribution in [1.29, 1.82) is 0 Å². The first-order valence-corrected chi connectivity index (χ1v) is 11.6. The van der Waals surface area contributed by atoms with Gasteiger partial charge in [0.25, 0.3) is 0 Å². The highest BCUT2D eigenvalue weighted by Gasteiger charge is 2.18. The number of H-pyrrole nitrogens is 1. The highest BCUT2D eigenvalue weighted by molar-refractivity contribution is 6.01. The molecule has 0 atom stereocenters. The Balaban J connectivity index is 1.59. The Morgan fingerprint density at radius 1 is 1.00 bits per heavy atom. The summed E-state index contributed by atoms with van der Waals surface area (Å²) < 4.78 is 11.9. The number of nitrogens with zero attached hydrogens (tertiary/aromatic N) is 1. The SMILES string of the molecule is C=C(C)C(=O)OCCOC(=O)Cn1c2ccccc2c(=O)c2cc3[nH]c4c(c(=O)c3cc21)CCC=C4. The Labute approximate surface area is 205 Å². The van der Waals surface area contributed by atoms with Crippen molar-refractivity contribution in [2.75, 3.05) is 13.2 Å². The van der Waals surface area contributed by atoms with Crippen molar-refractivity contribution < 1.29 is 19.1 Å². The number of ether oxygens (including phenoxy) is 2. The number of benzene rings is 2. The maximum Gasteiger partial charge on any atom is 0.333 e. The highest BCUT2D eigenvalue weighted by Crippen LogP contribution is 2.25. The van der Waals surface area contributed by atoms with Gasteiger partial charge in [0, 0.05) is 33.0 Å². The summed E-state index contributed by atoms with van der Waals surface area (Å²) in [6.45, 7) is 4.63. The fraction of sp³-hybridized carbons (Fsp3) is 0.214. The van der Waals surface area contributed by atoms with E-state index in [0.717, 1.165) is 12.1 Å². The molecular formula is C28H24N2O6. The van der Waals surface area contributed by atoms with Crippen molar-refractivity contribution in [1.82, 2.24) is 9.55 Å². The van der Waals surface area contributed by atoms with Gasteiger partial charge >= 0.3 is 11.9 Å². The smallest absolute Gasteiger partial charge is 0.333 e. The Kier molecular flexibility index (Phi) is 6.01. The van der Waals surface area contributed by atoms with Crippen LogP contribution in [0.3, 0.4) is 0 Å². The number of carbonyl (C=O) groups excluding carboxylic acids is 2. The van der Waals surface area contributed by atoms with Gasteiger partial charge < -0.3 is 19.0 Å². The van der Waals surface area contributed by atoms with Crippen molar-refractivity contribution >= 4 is 50.7 Å². The first kappa shape index (κ1) is 23.3. The fourth-order valence-electron chi connectivity index (χ4n) is 4.54. The Morgan fingerprint density at radius 2 is 1.78 bits per heavy atom. The minimum Gasteiger partial charge on any atom is -0.461 e. The zero-order valence-electron chi connectivity index (χ0n) is 19.8. The van der Waals surface area contributed by atoms with Crippen LogP contribution in [0.5, 0.6) is 0 Å². The van der Waals surface area contributed by atoms with Crippen molar-refractivity contribution in [3.8, 4) is 0 Å². The molecule has 0 radical (unpaired) electrons. The van der Waals surface area contributed by atoms with E-state index in [2.05, 4.69) is 11.6 Å². The summed E-state index contributed by atoms with van der Waals surface area (Å²) in [7, 11) is 0. The molecule has 8 nitrogen and oxygen atoms in total.